The van der Waals surface area contributed by atoms with Gasteiger partial charge in [-0.2, -0.15) is 0 Å². The molecule has 6 heteroatoms. The Hall–Kier alpha value is -1.92. The highest BCUT2D eigenvalue weighted by molar-refractivity contribution is 7.13. The van der Waals surface area contributed by atoms with Crippen molar-refractivity contribution in [2.45, 2.75) is 12.8 Å². The number of nitrogens with one attached hydrogen (secondary N) is 2. The molecule has 1 aromatic carbocycles. The minimum absolute atomic E-state index is 0.0908. The second-order valence-corrected chi connectivity index (χ2v) is 6.53. The van der Waals surface area contributed by atoms with Gasteiger partial charge in [-0.3, -0.25) is 4.79 Å². The molecule has 0 spiro atoms. The first-order chi connectivity index (χ1) is 11.3. The van der Waals surface area contributed by atoms with Crippen LogP contribution in [0.15, 0.2) is 29.6 Å². The van der Waals surface area contributed by atoms with Crippen LogP contribution in [-0.4, -0.2) is 37.6 Å². The number of carbonyl (C=O) groups excluding carboxylic acids is 1. The highest BCUT2D eigenvalue weighted by Gasteiger charge is 2.15. The Morgan fingerprint density at radius 3 is 2.96 bits per heavy atom. The molecule has 1 fully saturated rings. The number of hydrogen-bond donors (Lipinski definition) is 2. The summed E-state index contributed by atoms with van der Waals surface area (Å²) in [6, 6.07) is 7.69. The van der Waals surface area contributed by atoms with Gasteiger partial charge in [0.2, 0.25) is 0 Å². The first kappa shape index (κ1) is 16.0. The molecule has 1 unspecified atom stereocenters. The molecule has 0 bridgehead atoms. The van der Waals surface area contributed by atoms with E-state index in [1.165, 1.54) is 17.8 Å². The highest BCUT2D eigenvalue weighted by Crippen LogP contribution is 2.25. The molecule has 5 nitrogen and oxygen atoms in total. The lowest BCUT2D eigenvalue weighted by atomic mass is 10.1. The number of hydrogen-bond acceptors (Lipinski definition) is 5. The van der Waals surface area contributed by atoms with Crippen LogP contribution >= 0.6 is 11.3 Å². The molecule has 0 radical (unpaired) electrons. The van der Waals surface area contributed by atoms with E-state index >= 15 is 0 Å². The summed E-state index contributed by atoms with van der Waals surface area (Å²) in [5, 5.41) is 8.96. The first-order valence-electron chi connectivity index (χ1n) is 7.85. The average Bonchev–Trinajstić information content (AvgIpc) is 3.26. The van der Waals surface area contributed by atoms with E-state index in [2.05, 4.69) is 15.6 Å². The lowest BCUT2D eigenvalue weighted by molar-refractivity contribution is 0.0947. The molecule has 2 N–H and O–H groups in total. The van der Waals surface area contributed by atoms with Crippen LogP contribution in [0.5, 0.6) is 5.75 Å². The third kappa shape index (κ3) is 4.09. The Morgan fingerprint density at radius 1 is 1.43 bits per heavy atom. The molecule has 1 atom stereocenters. The van der Waals surface area contributed by atoms with E-state index in [0.29, 0.717) is 18.2 Å². The fourth-order valence-corrected chi connectivity index (χ4v) is 3.49. The van der Waals surface area contributed by atoms with Crippen LogP contribution in [-0.2, 0) is 0 Å². The van der Waals surface area contributed by atoms with E-state index < -0.39 is 0 Å². The Morgan fingerprint density at radius 2 is 2.26 bits per heavy atom. The molecule has 1 saturated heterocycles. The van der Waals surface area contributed by atoms with Crippen molar-refractivity contribution >= 4 is 17.2 Å². The van der Waals surface area contributed by atoms with Crippen molar-refractivity contribution in [3.05, 3.63) is 35.3 Å². The van der Waals surface area contributed by atoms with Crippen LogP contribution in [0.4, 0.5) is 0 Å². The van der Waals surface area contributed by atoms with Crippen molar-refractivity contribution in [3.63, 3.8) is 0 Å². The zero-order valence-electron chi connectivity index (χ0n) is 13.2. The van der Waals surface area contributed by atoms with Gasteiger partial charge in [0.1, 0.15) is 16.5 Å². The summed E-state index contributed by atoms with van der Waals surface area (Å²) in [6.07, 6.45) is 2.22. The average molecular weight is 331 g/mol. The Kier molecular flexibility index (Phi) is 5.25. The predicted molar refractivity (Wildman–Crippen MR) is 92.0 cm³/mol. The van der Waals surface area contributed by atoms with E-state index in [1.54, 1.807) is 7.11 Å². The second kappa shape index (κ2) is 7.57. The van der Waals surface area contributed by atoms with E-state index in [-0.39, 0.29) is 5.91 Å². The molecule has 1 aliphatic heterocycles. The smallest absolute Gasteiger partial charge is 0.270 e. The maximum atomic E-state index is 12.2. The molecule has 3 rings (SSSR count). The number of ether oxygens (including phenoxy) is 1. The maximum Gasteiger partial charge on any atom is 0.270 e. The first-order valence-corrected chi connectivity index (χ1v) is 8.73. The molecule has 0 aliphatic carbocycles. The van der Waals surface area contributed by atoms with Crippen LogP contribution in [0.25, 0.3) is 10.6 Å². The van der Waals surface area contributed by atoms with Crippen molar-refractivity contribution in [3.8, 4) is 16.3 Å². The quantitative estimate of drug-likeness (QED) is 0.854. The summed E-state index contributed by atoms with van der Waals surface area (Å²) in [7, 11) is 1.64. The summed E-state index contributed by atoms with van der Waals surface area (Å²) < 4.78 is 5.15. The second-order valence-electron chi connectivity index (χ2n) is 5.67. The normalized spacial score (nSPS) is 17.2. The summed E-state index contributed by atoms with van der Waals surface area (Å²) >= 11 is 1.48. The van der Waals surface area contributed by atoms with Gasteiger partial charge in [0, 0.05) is 17.5 Å². The Labute approximate surface area is 140 Å². The lowest BCUT2D eigenvalue weighted by Gasteiger charge is -2.08. The number of rotatable bonds is 6. The fraction of sp³-hybridized carbons (Fsp3) is 0.412. The third-order valence-electron chi connectivity index (χ3n) is 4.07. The summed E-state index contributed by atoms with van der Waals surface area (Å²) in [5.41, 5.74) is 1.48. The van der Waals surface area contributed by atoms with Gasteiger partial charge in [-0.25, -0.2) is 4.98 Å². The predicted octanol–water partition coefficient (Wildman–Crippen LogP) is 2.55. The maximum absolute atomic E-state index is 12.2. The fourth-order valence-electron chi connectivity index (χ4n) is 2.69. The number of carbonyl (C=O) groups is 1. The van der Waals surface area contributed by atoms with Gasteiger partial charge >= 0.3 is 0 Å². The highest BCUT2D eigenvalue weighted by atomic mass is 32.1. The van der Waals surface area contributed by atoms with Crippen molar-refractivity contribution in [2.75, 3.05) is 26.7 Å². The SMILES string of the molecule is COc1ccc(-c2nc(C(=O)NCCC3CCNC3)cs2)cc1. The van der Waals surface area contributed by atoms with Gasteiger partial charge in [0.25, 0.3) is 5.91 Å². The third-order valence-corrected chi connectivity index (χ3v) is 4.97. The summed E-state index contributed by atoms with van der Waals surface area (Å²) in [5.74, 6) is 1.40. The number of benzene rings is 1. The van der Waals surface area contributed by atoms with Gasteiger partial charge in [0.05, 0.1) is 7.11 Å². The molecule has 2 aromatic rings. The topological polar surface area (TPSA) is 63.2 Å². The van der Waals surface area contributed by atoms with E-state index in [4.69, 9.17) is 4.74 Å². The zero-order valence-corrected chi connectivity index (χ0v) is 14.0. The molecule has 23 heavy (non-hydrogen) atoms. The minimum atomic E-state index is -0.0908. The van der Waals surface area contributed by atoms with E-state index in [0.717, 1.165) is 35.8 Å². The van der Waals surface area contributed by atoms with Crippen LogP contribution in [0.2, 0.25) is 0 Å². The van der Waals surface area contributed by atoms with Gasteiger partial charge < -0.3 is 15.4 Å². The number of amides is 1. The lowest BCUT2D eigenvalue weighted by Crippen LogP contribution is -2.26. The van der Waals surface area contributed by atoms with Crippen molar-refractivity contribution in [2.24, 2.45) is 5.92 Å². The molecular formula is C17H21N3O2S. The Balaban J connectivity index is 1.55. The summed E-state index contributed by atoms with van der Waals surface area (Å²) in [6.45, 7) is 2.87. The van der Waals surface area contributed by atoms with E-state index in [9.17, 15) is 4.79 Å². The van der Waals surface area contributed by atoms with Crippen LogP contribution in [0, 0.1) is 5.92 Å². The molecule has 1 aromatic heterocycles. The number of nitrogens with zero attached hydrogens (tertiary/aromatic N) is 1. The molecule has 2 heterocycles. The number of thiazole rings is 1. The molecular weight excluding hydrogens is 310 g/mol. The molecule has 122 valence electrons. The van der Waals surface area contributed by atoms with E-state index in [1.807, 2.05) is 29.6 Å². The van der Waals surface area contributed by atoms with Crippen LogP contribution in [0.1, 0.15) is 23.3 Å². The van der Waals surface area contributed by atoms with Crippen molar-refractivity contribution in [1.29, 1.82) is 0 Å². The largest absolute Gasteiger partial charge is 0.497 e. The zero-order chi connectivity index (χ0) is 16.1. The van der Waals surface area contributed by atoms with Gasteiger partial charge in [-0.1, -0.05) is 0 Å². The number of methoxy groups -OCH3 is 1. The van der Waals surface area contributed by atoms with Crippen molar-refractivity contribution < 1.29 is 9.53 Å². The standard InChI is InChI=1S/C17H21N3O2S/c1-22-14-4-2-13(3-5-14)17-20-15(11-23-17)16(21)19-9-7-12-6-8-18-10-12/h2-5,11-12,18H,6-10H2,1H3,(H,19,21). The monoisotopic (exact) mass is 331 g/mol. The molecule has 1 aliphatic rings. The number of aromatic nitrogens is 1. The molecule has 1 amide bonds. The van der Waals surface area contributed by atoms with Crippen LogP contribution < -0.4 is 15.4 Å². The van der Waals surface area contributed by atoms with Gasteiger partial charge in [-0.05, 0) is 56.1 Å². The van der Waals surface area contributed by atoms with Crippen LogP contribution in [0.3, 0.4) is 0 Å². The minimum Gasteiger partial charge on any atom is -0.497 e. The van der Waals surface area contributed by atoms with Gasteiger partial charge in [-0.15, -0.1) is 11.3 Å². The Bertz CT molecular complexity index is 648. The van der Waals surface area contributed by atoms with Crippen molar-refractivity contribution in [1.82, 2.24) is 15.6 Å². The molecule has 0 saturated carbocycles. The summed E-state index contributed by atoms with van der Waals surface area (Å²) in [4.78, 5) is 16.6. The van der Waals surface area contributed by atoms with Gasteiger partial charge in [0.15, 0.2) is 0 Å².